The summed E-state index contributed by atoms with van der Waals surface area (Å²) in [6.07, 6.45) is 5.02. The number of carbonyl (C=O) groups is 1. The maximum atomic E-state index is 12.6. The van der Waals surface area contributed by atoms with Gasteiger partial charge in [-0.15, -0.1) is 0 Å². The minimum atomic E-state index is -0.156. The van der Waals surface area contributed by atoms with E-state index in [1.807, 2.05) is 12.1 Å². The van der Waals surface area contributed by atoms with Gasteiger partial charge in [0.05, 0.1) is 17.8 Å². The van der Waals surface area contributed by atoms with Gasteiger partial charge in [-0.3, -0.25) is 9.69 Å². The Kier molecular flexibility index (Phi) is 6.15. The van der Waals surface area contributed by atoms with Crippen molar-refractivity contribution < 1.29 is 9.53 Å². The third kappa shape index (κ3) is 4.90. The number of pyridine rings is 1. The maximum Gasteiger partial charge on any atom is 0.253 e. The van der Waals surface area contributed by atoms with Gasteiger partial charge < -0.3 is 10.1 Å². The van der Waals surface area contributed by atoms with E-state index in [2.05, 4.69) is 51.3 Å². The highest BCUT2D eigenvalue weighted by molar-refractivity contribution is 5.93. The first kappa shape index (κ1) is 20.2. The number of nitrogens with one attached hydrogen (secondary N) is 1. The van der Waals surface area contributed by atoms with Crippen molar-refractivity contribution in [2.24, 2.45) is 0 Å². The number of ether oxygens (including phenoxy) is 1. The monoisotopic (exact) mass is 406 g/mol. The van der Waals surface area contributed by atoms with Crippen LogP contribution in [0.2, 0.25) is 0 Å². The van der Waals surface area contributed by atoms with Gasteiger partial charge in [0.25, 0.3) is 5.91 Å². The second kappa shape index (κ2) is 9.15. The van der Waals surface area contributed by atoms with Crippen LogP contribution in [0.4, 0.5) is 0 Å². The number of aromatic nitrogens is 4. The van der Waals surface area contributed by atoms with E-state index in [0.29, 0.717) is 17.9 Å². The number of nitrogens with zero attached hydrogens (tertiary/aromatic N) is 5. The summed E-state index contributed by atoms with van der Waals surface area (Å²) in [5.74, 6) is 0.458. The van der Waals surface area contributed by atoms with Gasteiger partial charge in [0.1, 0.15) is 12.7 Å². The molecule has 3 aromatic rings. The standard InChI is InChI=1S/C22H26N6O2/c1-16-11-27(12-17(2)30-16)13-20-6-4-3-5-18(20)9-25-22(29)19-7-8-21(24-10-19)28-15-23-14-26-28/h3-8,10,14-17H,9,11-13H2,1-2H3,(H,25,29). The van der Waals surface area contributed by atoms with Gasteiger partial charge in [0, 0.05) is 32.4 Å². The molecule has 8 nitrogen and oxygen atoms in total. The topological polar surface area (TPSA) is 85.2 Å². The minimum Gasteiger partial charge on any atom is -0.373 e. The summed E-state index contributed by atoms with van der Waals surface area (Å²) in [6, 6.07) is 11.7. The van der Waals surface area contributed by atoms with Gasteiger partial charge in [-0.05, 0) is 37.1 Å². The Morgan fingerprint density at radius 1 is 1.13 bits per heavy atom. The predicted octanol–water partition coefficient (Wildman–Crippen LogP) is 2.20. The lowest BCUT2D eigenvalue weighted by Crippen LogP contribution is -2.45. The van der Waals surface area contributed by atoms with Crippen LogP contribution in [0, 0.1) is 0 Å². The van der Waals surface area contributed by atoms with Crippen molar-refractivity contribution >= 4 is 5.91 Å². The Morgan fingerprint density at radius 2 is 1.90 bits per heavy atom. The third-order valence-corrected chi connectivity index (χ3v) is 5.11. The van der Waals surface area contributed by atoms with E-state index >= 15 is 0 Å². The first-order chi connectivity index (χ1) is 14.6. The summed E-state index contributed by atoms with van der Waals surface area (Å²) in [6.45, 7) is 7.35. The van der Waals surface area contributed by atoms with E-state index in [0.717, 1.165) is 25.2 Å². The Morgan fingerprint density at radius 3 is 2.57 bits per heavy atom. The summed E-state index contributed by atoms with van der Waals surface area (Å²) >= 11 is 0. The number of hydrogen-bond acceptors (Lipinski definition) is 6. The van der Waals surface area contributed by atoms with Crippen molar-refractivity contribution in [3.8, 4) is 5.82 Å². The molecule has 0 bridgehead atoms. The van der Waals surface area contributed by atoms with Crippen molar-refractivity contribution in [3.05, 3.63) is 71.9 Å². The molecule has 30 heavy (non-hydrogen) atoms. The van der Waals surface area contributed by atoms with Crippen LogP contribution in [0.1, 0.15) is 35.3 Å². The lowest BCUT2D eigenvalue weighted by atomic mass is 10.1. The highest BCUT2D eigenvalue weighted by Gasteiger charge is 2.22. The Labute approximate surface area is 175 Å². The van der Waals surface area contributed by atoms with Crippen molar-refractivity contribution in [1.29, 1.82) is 0 Å². The maximum absolute atomic E-state index is 12.6. The molecule has 3 heterocycles. The smallest absolute Gasteiger partial charge is 0.253 e. The molecule has 1 fully saturated rings. The van der Waals surface area contributed by atoms with Crippen LogP contribution in [-0.2, 0) is 17.8 Å². The molecule has 2 atom stereocenters. The SMILES string of the molecule is CC1CN(Cc2ccccc2CNC(=O)c2ccc(-n3cncn3)nc2)CC(C)O1. The molecule has 0 spiro atoms. The van der Waals surface area contributed by atoms with Gasteiger partial charge >= 0.3 is 0 Å². The molecule has 156 valence electrons. The van der Waals surface area contributed by atoms with Crippen molar-refractivity contribution in [3.63, 3.8) is 0 Å². The van der Waals surface area contributed by atoms with Gasteiger partial charge in [-0.25, -0.2) is 14.6 Å². The van der Waals surface area contributed by atoms with Gasteiger partial charge in [0.15, 0.2) is 5.82 Å². The molecule has 1 N–H and O–H groups in total. The third-order valence-electron chi connectivity index (χ3n) is 5.11. The van der Waals surface area contributed by atoms with Crippen LogP contribution in [0.25, 0.3) is 5.82 Å². The Bertz CT molecular complexity index is 964. The normalized spacial score (nSPS) is 19.5. The average molecular weight is 406 g/mol. The molecule has 1 saturated heterocycles. The predicted molar refractivity (Wildman–Crippen MR) is 112 cm³/mol. The average Bonchev–Trinajstić information content (AvgIpc) is 3.27. The molecule has 8 heteroatoms. The largest absolute Gasteiger partial charge is 0.373 e. The van der Waals surface area contributed by atoms with E-state index in [4.69, 9.17) is 4.74 Å². The minimum absolute atomic E-state index is 0.156. The van der Waals surface area contributed by atoms with Crippen molar-refractivity contribution in [2.75, 3.05) is 13.1 Å². The van der Waals surface area contributed by atoms with Crippen LogP contribution >= 0.6 is 0 Å². The van der Waals surface area contributed by atoms with Gasteiger partial charge in [0.2, 0.25) is 0 Å². The van der Waals surface area contributed by atoms with Gasteiger partial charge in [-0.2, -0.15) is 5.10 Å². The molecule has 2 aromatic heterocycles. The van der Waals surface area contributed by atoms with E-state index < -0.39 is 0 Å². The molecule has 0 radical (unpaired) electrons. The Balaban J connectivity index is 1.38. The lowest BCUT2D eigenvalue weighted by molar-refractivity contribution is -0.0705. The summed E-state index contributed by atoms with van der Waals surface area (Å²) in [5.41, 5.74) is 2.84. The number of amides is 1. The Hall–Kier alpha value is -3.10. The molecule has 1 aromatic carbocycles. The quantitative estimate of drug-likeness (QED) is 0.676. The van der Waals surface area contributed by atoms with E-state index in [9.17, 15) is 4.79 Å². The molecule has 1 aliphatic rings. The molecule has 0 aliphatic carbocycles. The zero-order valence-corrected chi connectivity index (χ0v) is 17.2. The molecule has 2 unspecified atom stereocenters. The fraction of sp³-hybridized carbons (Fsp3) is 0.364. The molecule has 1 aliphatic heterocycles. The van der Waals surface area contributed by atoms with Crippen molar-refractivity contribution in [1.82, 2.24) is 30.0 Å². The van der Waals surface area contributed by atoms with E-state index in [1.54, 1.807) is 29.3 Å². The molecule has 0 saturated carbocycles. The number of morpholine rings is 1. The second-order valence-electron chi connectivity index (χ2n) is 7.65. The fourth-order valence-electron chi connectivity index (χ4n) is 3.80. The van der Waals surface area contributed by atoms with Crippen LogP contribution in [0.3, 0.4) is 0 Å². The van der Waals surface area contributed by atoms with Gasteiger partial charge in [-0.1, -0.05) is 24.3 Å². The summed E-state index contributed by atoms with van der Waals surface area (Å²) in [5, 5.41) is 7.04. The number of hydrogen-bond donors (Lipinski definition) is 1. The molecular weight excluding hydrogens is 380 g/mol. The lowest BCUT2D eigenvalue weighted by Gasteiger charge is -2.35. The van der Waals surface area contributed by atoms with Crippen LogP contribution in [0.15, 0.2) is 55.2 Å². The highest BCUT2D eigenvalue weighted by atomic mass is 16.5. The number of carbonyl (C=O) groups excluding carboxylic acids is 1. The van der Waals surface area contributed by atoms with E-state index in [1.165, 1.54) is 11.9 Å². The van der Waals surface area contributed by atoms with Crippen LogP contribution in [0.5, 0.6) is 0 Å². The summed E-state index contributed by atoms with van der Waals surface area (Å²) in [4.78, 5) is 23.2. The molecular formula is C22H26N6O2. The zero-order valence-electron chi connectivity index (χ0n) is 17.2. The molecule has 1 amide bonds. The number of rotatable bonds is 6. The van der Waals surface area contributed by atoms with Crippen LogP contribution < -0.4 is 5.32 Å². The number of benzene rings is 1. The van der Waals surface area contributed by atoms with Crippen molar-refractivity contribution in [2.45, 2.75) is 39.1 Å². The first-order valence-electron chi connectivity index (χ1n) is 10.1. The van der Waals surface area contributed by atoms with E-state index in [-0.39, 0.29) is 18.1 Å². The summed E-state index contributed by atoms with van der Waals surface area (Å²) < 4.78 is 7.38. The fourth-order valence-corrected chi connectivity index (χ4v) is 3.80. The molecule has 4 rings (SSSR count). The second-order valence-corrected chi connectivity index (χ2v) is 7.65. The first-order valence-corrected chi connectivity index (χ1v) is 10.1. The zero-order chi connectivity index (χ0) is 20.9. The highest BCUT2D eigenvalue weighted by Crippen LogP contribution is 2.17. The van der Waals surface area contributed by atoms with Crippen LogP contribution in [-0.4, -0.2) is 55.9 Å². The summed E-state index contributed by atoms with van der Waals surface area (Å²) in [7, 11) is 0.